The van der Waals surface area contributed by atoms with Gasteiger partial charge in [0.05, 0.1) is 12.8 Å². The van der Waals surface area contributed by atoms with Gasteiger partial charge in [0, 0.05) is 5.69 Å². The Kier molecular flexibility index (Phi) is 7.15. The highest BCUT2D eigenvalue weighted by atomic mass is 16.2. The van der Waals surface area contributed by atoms with Crippen LogP contribution in [0.1, 0.15) is 43.4 Å². The topological polar surface area (TPSA) is 53.5 Å². The van der Waals surface area contributed by atoms with E-state index in [9.17, 15) is 4.79 Å². The number of allylic oxidation sites excluding steroid dienone is 1. The third kappa shape index (κ3) is 6.55. The predicted octanol–water partition coefficient (Wildman–Crippen LogP) is 4.74. The zero-order chi connectivity index (χ0) is 18.9. The van der Waals surface area contributed by atoms with E-state index in [4.69, 9.17) is 0 Å². The number of carbonyl (C=O) groups excluding carboxylic acids is 1. The Bertz CT molecular complexity index is 772. The maximum Gasteiger partial charge on any atom is 0.259 e. The molecule has 1 amide bonds. The third-order valence-electron chi connectivity index (χ3n) is 3.96. The summed E-state index contributed by atoms with van der Waals surface area (Å²) in [5.74, 6) is 0.343. The third-order valence-corrected chi connectivity index (χ3v) is 3.96. The van der Waals surface area contributed by atoms with Gasteiger partial charge in [-0.25, -0.2) is 5.43 Å². The van der Waals surface area contributed by atoms with Gasteiger partial charge in [-0.1, -0.05) is 61.9 Å². The molecule has 0 unspecified atom stereocenters. The lowest BCUT2D eigenvalue weighted by molar-refractivity contribution is -0.119. The normalized spacial score (nSPS) is 11.8. The van der Waals surface area contributed by atoms with Crippen molar-refractivity contribution in [1.29, 1.82) is 0 Å². The Morgan fingerprint density at radius 1 is 1.08 bits per heavy atom. The molecule has 0 spiro atoms. The summed E-state index contributed by atoms with van der Waals surface area (Å²) in [6.07, 6.45) is 3.68. The van der Waals surface area contributed by atoms with Crippen molar-refractivity contribution in [2.45, 2.75) is 33.6 Å². The molecule has 0 aromatic heterocycles. The fraction of sp³-hybridized carbons (Fsp3) is 0.273. The maximum absolute atomic E-state index is 11.8. The van der Waals surface area contributed by atoms with E-state index in [2.05, 4.69) is 54.0 Å². The Labute approximate surface area is 156 Å². The second-order valence-electron chi connectivity index (χ2n) is 6.72. The molecule has 0 atom stereocenters. The maximum atomic E-state index is 11.8. The number of nitrogens with zero attached hydrogens (tertiary/aromatic N) is 1. The average molecular weight is 349 g/mol. The summed E-state index contributed by atoms with van der Waals surface area (Å²) < 4.78 is 0. The van der Waals surface area contributed by atoms with Crippen LogP contribution in [0.3, 0.4) is 0 Å². The number of amides is 1. The Hall–Kier alpha value is -2.88. The molecule has 0 saturated carbocycles. The van der Waals surface area contributed by atoms with Gasteiger partial charge in [0.25, 0.3) is 5.91 Å². The van der Waals surface area contributed by atoms with Gasteiger partial charge in [0.15, 0.2) is 0 Å². The molecule has 0 aliphatic heterocycles. The second kappa shape index (κ2) is 9.56. The standard InChI is InChI=1S/C22H27N3O/c1-16(2)20-9-7-19(8-10-20)13-18(4)14-24-25-22(26)15-23-21-11-5-17(3)6-12-21/h5-14,16,23H,15H2,1-4H3,(H,25,26)/b18-13+,24-14+. The number of rotatable bonds is 7. The number of aryl methyl sites for hydroxylation is 1. The van der Waals surface area contributed by atoms with Crippen molar-refractivity contribution in [2.75, 3.05) is 11.9 Å². The summed E-state index contributed by atoms with van der Waals surface area (Å²) in [7, 11) is 0. The van der Waals surface area contributed by atoms with Crippen molar-refractivity contribution < 1.29 is 4.79 Å². The van der Waals surface area contributed by atoms with Gasteiger partial charge in [-0.3, -0.25) is 4.79 Å². The van der Waals surface area contributed by atoms with Crippen LogP contribution in [-0.2, 0) is 4.79 Å². The van der Waals surface area contributed by atoms with Crippen LogP contribution in [0.4, 0.5) is 5.69 Å². The highest BCUT2D eigenvalue weighted by Gasteiger charge is 2.00. The molecule has 2 aromatic carbocycles. The fourth-order valence-corrected chi connectivity index (χ4v) is 2.38. The molecule has 0 fully saturated rings. The first-order valence-electron chi connectivity index (χ1n) is 8.85. The molecule has 2 rings (SSSR count). The predicted molar refractivity (Wildman–Crippen MR) is 110 cm³/mol. The van der Waals surface area contributed by atoms with Gasteiger partial charge in [-0.2, -0.15) is 5.10 Å². The monoisotopic (exact) mass is 349 g/mol. The van der Waals surface area contributed by atoms with Gasteiger partial charge in [-0.15, -0.1) is 0 Å². The molecule has 4 heteroatoms. The number of nitrogens with one attached hydrogen (secondary N) is 2. The average Bonchev–Trinajstić information content (AvgIpc) is 2.61. The number of anilines is 1. The van der Waals surface area contributed by atoms with Gasteiger partial charge in [-0.05, 0) is 48.6 Å². The van der Waals surface area contributed by atoms with Gasteiger partial charge in [0.1, 0.15) is 0 Å². The highest BCUT2D eigenvalue weighted by molar-refractivity contribution is 5.87. The summed E-state index contributed by atoms with van der Waals surface area (Å²) >= 11 is 0. The first-order valence-corrected chi connectivity index (χ1v) is 8.85. The van der Waals surface area contributed by atoms with E-state index in [0.29, 0.717) is 5.92 Å². The molecule has 0 radical (unpaired) electrons. The molecule has 0 saturated heterocycles. The van der Waals surface area contributed by atoms with Gasteiger partial charge >= 0.3 is 0 Å². The minimum absolute atomic E-state index is 0.180. The van der Waals surface area contributed by atoms with E-state index < -0.39 is 0 Å². The van der Waals surface area contributed by atoms with Crippen LogP contribution in [0, 0.1) is 6.92 Å². The van der Waals surface area contributed by atoms with Crippen molar-refractivity contribution in [2.24, 2.45) is 5.10 Å². The molecule has 136 valence electrons. The molecule has 0 aliphatic carbocycles. The molecule has 2 N–H and O–H groups in total. The molecule has 0 bridgehead atoms. The Balaban J connectivity index is 1.80. The highest BCUT2D eigenvalue weighted by Crippen LogP contribution is 2.16. The van der Waals surface area contributed by atoms with Crippen LogP contribution in [0.15, 0.2) is 59.2 Å². The number of hydrogen-bond acceptors (Lipinski definition) is 3. The summed E-state index contributed by atoms with van der Waals surface area (Å²) in [4.78, 5) is 11.8. The molecular weight excluding hydrogens is 322 g/mol. The lowest BCUT2D eigenvalue weighted by Crippen LogP contribution is -2.25. The van der Waals surface area contributed by atoms with E-state index in [1.54, 1.807) is 6.21 Å². The summed E-state index contributed by atoms with van der Waals surface area (Å²) in [6, 6.07) is 16.4. The first kappa shape index (κ1) is 19.4. The van der Waals surface area contributed by atoms with Gasteiger partial charge in [0.2, 0.25) is 0 Å². The summed E-state index contributed by atoms with van der Waals surface area (Å²) in [5.41, 5.74) is 8.03. The fourth-order valence-electron chi connectivity index (χ4n) is 2.38. The van der Waals surface area contributed by atoms with E-state index in [1.807, 2.05) is 44.2 Å². The zero-order valence-electron chi connectivity index (χ0n) is 15.9. The zero-order valence-corrected chi connectivity index (χ0v) is 15.9. The van der Waals surface area contributed by atoms with E-state index >= 15 is 0 Å². The molecule has 26 heavy (non-hydrogen) atoms. The molecule has 0 heterocycles. The first-order chi connectivity index (χ1) is 12.4. The Morgan fingerprint density at radius 3 is 2.35 bits per heavy atom. The minimum Gasteiger partial charge on any atom is -0.376 e. The van der Waals surface area contributed by atoms with Crippen LogP contribution in [-0.4, -0.2) is 18.7 Å². The number of hydrazone groups is 1. The van der Waals surface area contributed by atoms with Crippen LogP contribution < -0.4 is 10.7 Å². The van der Waals surface area contributed by atoms with Crippen LogP contribution in [0.5, 0.6) is 0 Å². The molecule has 2 aromatic rings. The lowest BCUT2D eigenvalue weighted by atomic mass is 10.0. The second-order valence-corrected chi connectivity index (χ2v) is 6.72. The number of benzene rings is 2. The lowest BCUT2D eigenvalue weighted by Gasteiger charge is -2.05. The van der Waals surface area contributed by atoms with Crippen molar-refractivity contribution >= 4 is 23.9 Å². The van der Waals surface area contributed by atoms with Gasteiger partial charge < -0.3 is 5.32 Å². The quantitative estimate of drug-likeness (QED) is 0.560. The van der Waals surface area contributed by atoms with Crippen LogP contribution in [0.25, 0.3) is 6.08 Å². The minimum atomic E-state index is -0.184. The number of hydrogen-bond donors (Lipinski definition) is 2. The van der Waals surface area contributed by atoms with Crippen molar-refractivity contribution in [3.63, 3.8) is 0 Å². The molecule has 0 aliphatic rings. The summed E-state index contributed by atoms with van der Waals surface area (Å²) in [5, 5.41) is 7.07. The Morgan fingerprint density at radius 2 is 1.73 bits per heavy atom. The SMILES string of the molecule is CC(/C=N/NC(=O)CNc1ccc(C)cc1)=C\c1ccc(C(C)C)cc1. The number of carbonyl (C=O) groups is 1. The van der Waals surface area contributed by atoms with E-state index in [0.717, 1.165) is 16.8 Å². The van der Waals surface area contributed by atoms with Crippen molar-refractivity contribution in [3.05, 3.63) is 70.8 Å². The molecule has 4 nitrogen and oxygen atoms in total. The molecular formula is C22H27N3O. The summed E-state index contributed by atoms with van der Waals surface area (Å²) in [6.45, 7) is 8.52. The van der Waals surface area contributed by atoms with Crippen LogP contribution in [0.2, 0.25) is 0 Å². The van der Waals surface area contributed by atoms with E-state index in [-0.39, 0.29) is 12.5 Å². The van der Waals surface area contributed by atoms with Crippen molar-refractivity contribution in [1.82, 2.24) is 5.43 Å². The van der Waals surface area contributed by atoms with Crippen LogP contribution >= 0.6 is 0 Å². The largest absolute Gasteiger partial charge is 0.376 e. The van der Waals surface area contributed by atoms with Crippen molar-refractivity contribution in [3.8, 4) is 0 Å². The smallest absolute Gasteiger partial charge is 0.259 e. The van der Waals surface area contributed by atoms with E-state index in [1.165, 1.54) is 11.1 Å².